The summed E-state index contributed by atoms with van der Waals surface area (Å²) in [6, 6.07) is 10.8. The highest BCUT2D eigenvalue weighted by molar-refractivity contribution is 6.42. The summed E-state index contributed by atoms with van der Waals surface area (Å²) in [6.07, 6.45) is 0. The number of aliphatic hydroxyl groups excluding tert-OH is 1. The summed E-state index contributed by atoms with van der Waals surface area (Å²) in [5.41, 5.74) is 4.51. The largest absolute Gasteiger partial charge is 0.497 e. The molecular weight excluding hydrogens is 375 g/mol. The van der Waals surface area contributed by atoms with Crippen molar-refractivity contribution in [3.8, 4) is 28.5 Å². The smallest absolute Gasteiger partial charge is 0.156 e. The van der Waals surface area contributed by atoms with E-state index in [4.69, 9.17) is 27.9 Å². The zero-order valence-corrected chi connectivity index (χ0v) is 15.2. The number of H-pyrrole nitrogens is 2. The van der Waals surface area contributed by atoms with Gasteiger partial charge in [0.05, 0.1) is 40.5 Å². The molecule has 132 valence electrons. The lowest BCUT2D eigenvalue weighted by molar-refractivity contribution is 0.281. The van der Waals surface area contributed by atoms with Crippen LogP contribution in [0, 0.1) is 0 Å². The van der Waals surface area contributed by atoms with Gasteiger partial charge in [0, 0.05) is 5.56 Å². The van der Waals surface area contributed by atoms with Crippen molar-refractivity contribution in [2.75, 3.05) is 7.11 Å². The first-order valence-electron chi connectivity index (χ1n) is 7.77. The van der Waals surface area contributed by atoms with Gasteiger partial charge in [0.15, 0.2) is 5.82 Å². The highest BCUT2D eigenvalue weighted by Gasteiger charge is 2.13. The maximum atomic E-state index is 9.42. The third-order valence-electron chi connectivity index (χ3n) is 4.04. The zero-order valence-electron chi connectivity index (χ0n) is 13.7. The molecule has 0 atom stereocenters. The molecule has 0 aliphatic heterocycles. The van der Waals surface area contributed by atoms with Crippen LogP contribution in [0.1, 0.15) is 5.56 Å². The van der Waals surface area contributed by atoms with E-state index in [2.05, 4.69) is 20.2 Å². The monoisotopic (exact) mass is 388 g/mol. The van der Waals surface area contributed by atoms with E-state index in [1.165, 1.54) is 0 Å². The van der Waals surface area contributed by atoms with Crippen molar-refractivity contribution in [2.45, 2.75) is 6.61 Å². The number of hydrogen-bond donors (Lipinski definition) is 3. The Labute approximate surface area is 158 Å². The van der Waals surface area contributed by atoms with Crippen LogP contribution in [0.3, 0.4) is 0 Å². The highest BCUT2D eigenvalue weighted by atomic mass is 35.5. The molecule has 0 unspecified atom stereocenters. The van der Waals surface area contributed by atoms with Crippen LogP contribution in [-0.4, -0.2) is 32.4 Å². The summed E-state index contributed by atoms with van der Waals surface area (Å²) >= 11 is 12.1. The number of aromatic amines is 2. The van der Waals surface area contributed by atoms with E-state index in [1.54, 1.807) is 25.3 Å². The predicted molar refractivity (Wildman–Crippen MR) is 102 cm³/mol. The van der Waals surface area contributed by atoms with Crippen LogP contribution in [-0.2, 0) is 6.61 Å². The maximum absolute atomic E-state index is 9.42. The number of imidazole rings is 1. The molecular formula is C18H14Cl2N4O2. The number of ether oxygens (including phenoxy) is 1. The van der Waals surface area contributed by atoms with Crippen LogP contribution >= 0.6 is 23.2 Å². The Morgan fingerprint density at radius 2 is 1.88 bits per heavy atom. The Balaban J connectivity index is 1.74. The molecule has 0 saturated heterocycles. The number of methoxy groups -OCH3 is 1. The molecule has 4 aromatic rings. The lowest BCUT2D eigenvalue weighted by Gasteiger charge is -2.05. The first-order chi connectivity index (χ1) is 12.6. The minimum atomic E-state index is -0.0768. The number of rotatable bonds is 4. The van der Waals surface area contributed by atoms with E-state index in [-0.39, 0.29) is 6.61 Å². The Morgan fingerprint density at radius 3 is 2.65 bits per heavy atom. The van der Waals surface area contributed by atoms with Crippen LogP contribution in [0.2, 0.25) is 10.0 Å². The van der Waals surface area contributed by atoms with Gasteiger partial charge in [0.1, 0.15) is 11.4 Å². The van der Waals surface area contributed by atoms with Crippen molar-refractivity contribution in [2.24, 2.45) is 0 Å². The second kappa shape index (κ2) is 6.64. The Bertz CT molecular complexity index is 1040. The van der Waals surface area contributed by atoms with Crippen molar-refractivity contribution in [3.63, 3.8) is 0 Å². The third kappa shape index (κ3) is 3.03. The number of nitrogens with zero attached hydrogens (tertiary/aromatic N) is 2. The minimum absolute atomic E-state index is 0.0768. The molecule has 0 spiro atoms. The van der Waals surface area contributed by atoms with E-state index in [9.17, 15) is 5.11 Å². The Morgan fingerprint density at radius 1 is 1.08 bits per heavy atom. The molecule has 2 aromatic carbocycles. The summed E-state index contributed by atoms with van der Waals surface area (Å²) in [4.78, 5) is 7.72. The summed E-state index contributed by atoms with van der Waals surface area (Å²) in [7, 11) is 1.58. The van der Waals surface area contributed by atoms with Gasteiger partial charge in [-0.3, -0.25) is 5.10 Å². The number of halogens is 2. The topological polar surface area (TPSA) is 86.8 Å². The minimum Gasteiger partial charge on any atom is -0.497 e. The fourth-order valence-electron chi connectivity index (χ4n) is 2.74. The van der Waals surface area contributed by atoms with Crippen LogP contribution in [0.4, 0.5) is 0 Å². The molecule has 6 nitrogen and oxygen atoms in total. The van der Waals surface area contributed by atoms with Crippen LogP contribution in [0.5, 0.6) is 5.75 Å². The van der Waals surface area contributed by atoms with E-state index < -0.39 is 0 Å². The van der Waals surface area contributed by atoms with Crippen molar-refractivity contribution < 1.29 is 9.84 Å². The standard InChI is InChI=1S/C18H14Cl2N4O2/c1-26-11-3-9(8-25)2-10(4-11)14-7-17(24-23-14)18-21-15-5-12(19)13(20)6-16(15)22-18/h2-7,25H,8H2,1H3,(H,21,22)(H,23,24). The van der Waals surface area contributed by atoms with Crippen LogP contribution in [0.25, 0.3) is 33.8 Å². The van der Waals surface area contributed by atoms with E-state index in [0.29, 0.717) is 27.3 Å². The van der Waals surface area contributed by atoms with Crippen LogP contribution < -0.4 is 4.74 Å². The quantitative estimate of drug-likeness (QED) is 0.482. The second-order valence-electron chi connectivity index (χ2n) is 5.76. The van der Waals surface area contributed by atoms with Crippen LogP contribution in [0.15, 0.2) is 36.4 Å². The predicted octanol–water partition coefficient (Wildman–Crippen LogP) is 4.43. The van der Waals surface area contributed by atoms with E-state index in [1.807, 2.05) is 18.2 Å². The number of aromatic nitrogens is 4. The normalized spacial score (nSPS) is 11.2. The van der Waals surface area contributed by atoms with Gasteiger partial charge in [0.2, 0.25) is 0 Å². The number of aliphatic hydroxyl groups is 1. The molecule has 2 heterocycles. The van der Waals surface area contributed by atoms with Gasteiger partial charge in [-0.1, -0.05) is 23.2 Å². The summed E-state index contributed by atoms with van der Waals surface area (Å²) in [5, 5.41) is 17.7. The molecule has 8 heteroatoms. The molecule has 0 amide bonds. The van der Waals surface area contributed by atoms with Gasteiger partial charge in [-0.25, -0.2) is 4.98 Å². The van der Waals surface area contributed by atoms with Gasteiger partial charge in [-0.15, -0.1) is 0 Å². The molecule has 4 rings (SSSR count). The Hall–Kier alpha value is -2.54. The van der Waals surface area contributed by atoms with E-state index >= 15 is 0 Å². The van der Waals surface area contributed by atoms with Gasteiger partial charge >= 0.3 is 0 Å². The highest BCUT2D eigenvalue weighted by Crippen LogP contribution is 2.30. The molecule has 0 aliphatic carbocycles. The summed E-state index contributed by atoms with van der Waals surface area (Å²) < 4.78 is 5.28. The van der Waals surface area contributed by atoms with Gasteiger partial charge in [-0.05, 0) is 42.0 Å². The Kier molecular flexibility index (Phi) is 4.32. The molecule has 0 aliphatic rings. The molecule has 2 aromatic heterocycles. The van der Waals surface area contributed by atoms with Gasteiger partial charge in [-0.2, -0.15) is 5.10 Å². The average molecular weight is 389 g/mol. The van der Waals surface area contributed by atoms with Crippen molar-refractivity contribution in [1.82, 2.24) is 20.2 Å². The summed E-state index contributed by atoms with van der Waals surface area (Å²) in [6.45, 7) is -0.0768. The molecule has 26 heavy (non-hydrogen) atoms. The van der Waals surface area contributed by atoms with Crippen molar-refractivity contribution in [3.05, 3.63) is 52.0 Å². The first kappa shape index (κ1) is 16.9. The molecule has 0 radical (unpaired) electrons. The van der Waals surface area contributed by atoms with Crippen molar-refractivity contribution in [1.29, 1.82) is 0 Å². The fraction of sp³-hybridized carbons (Fsp3) is 0.111. The summed E-state index contributed by atoms with van der Waals surface area (Å²) in [5.74, 6) is 1.28. The SMILES string of the molecule is COc1cc(CO)cc(-c2cc(-c3nc4cc(Cl)c(Cl)cc4[nH]3)[nH]n2)c1. The van der Waals surface area contributed by atoms with E-state index in [0.717, 1.165) is 27.9 Å². The number of hydrogen-bond acceptors (Lipinski definition) is 4. The second-order valence-corrected chi connectivity index (χ2v) is 6.58. The molecule has 3 N–H and O–H groups in total. The number of nitrogens with one attached hydrogen (secondary N) is 2. The molecule has 0 fully saturated rings. The van der Waals surface area contributed by atoms with Crippen molar-refractivity contribution >= 4 is 34.2 Å². The first-order valence-corrected chi connectivity index (χ1v) is 8.52. The average Bonchev–Trinajstić information content (AvgIpc) is 3.28. The maximum Gasteiger partial charge on any atom is 0.156 e. The lowest BCUT2D eigenvalue weighted by atomic mass is 10.1. The third-order valence-corrected chi connectivity index (χ3v) is 4.76. The molecule has 0 saturated carbocycles. The molecule has 0 bridgehead atoms. The number of benzene rings is 2. The fourth-order valence-corrected chi connectivity index (χ4v) is 3.06. The van der Waals surface area contributed by atoms with Gasteiger partial charge < -0.3 is 14.8 Å². The number of fused-ring (bicyclic) bond motifs is 1. The zero-order chi connectivity index (χ0) is 18.3. The lowest BCUT2D eigenvalue weighted by Crippen LogP contribution is -1.90. The van der Waals surface area contributed by atoms with Gasteiger partial charge in [0.25, 0.3) is 0 Å².